The summed E-state index contributed by atoms with van der Waals surface area (Å²) in [4.78, 5) is 22.8. The molecule has 0 spiro atoms. The predicted octanol–water partition coefficient (Wildman–Crippen LogP) is 0.596. The minimum atomic E-state index is -3.28. The number of carboxylic acid groups (broad SMARTS) is 1. The molecule has 1 amide bonds. The van der Waals surface area contributed by atoms with E-state index >= 15 is 0 Å². The first kappa shape index (κ1) is 16.2. The molecular weight excluding hydrogens is 286 g/mol. The summed E-state index contributed by atoms with van der Waals surface area (Å²) in [5, 5.41) is 11.2. The number of furan rings is 1. The van der Waals surface area contributed by atoms with Crippen molar-refractivity contribution < 1.29 is 27.5 Å². The number of nitrogens with one attached hydrogen (secondary N) is 1. The van der Waals surface area contributed by atoms with Gasteiger partial charge in [-0.15, -0.1) is 0 Å². The average Bonchev–Trinajstić information content (AvgIpc) is 2.80. The van der Waals surface area contributed by atoms with Crippen molar-refractivity contribution >= 4 is 21.7 Å². The van der Waals surface area contributed by atoms with E-state index in [0.29, 0.717) is 5.76 Å². The van der Waals surface area contributed by atoms with Gasteiger partial charge < -0.3 is 14.8 Å². The molecule has 0 radical (unpaired) electrons. The zero-order valence-electron chi connectivity index (χ0n) is 11.3. The predicted molar refractivity (Wildman–Crippen MR) is 71.3 cm³/mol. The zero-order valence-corrected chi connectivity index (χ0v) is 12.1. The van der Waals surface area contributed by atoms with Crippen LogP contribution in [0.3, 0.4) is 0 Å². The van der Waals surface area contributed by atoms with Crippen molar-refractivity contribution in [3.05, 3.63) is 23.7 Å². The summed E-state index contributed by atoms with van der Waals surface area (Å²) in [6, 6.07) is 1.73. The van der Waals surface area contributed by atoms with Crippen LogP contribution >= 0.6 is 0 Å². The highest BCUT2D eigenvalue weighted by molar-refractivity contribution is 7.91. The molecular formula is C12H17NO6S. The number of carbonyl (C=O) groups is 2. The van der Waals surface area contributed by atoms with Crippen LogP contribution in [0, 0.1) is 6.92 Å². The Balaban J connectivity index is 2.68. The van der Waals surface area contributed by atoms with Gasteiger partial charge in [-0.05, 0) is 25.5 Å². The lowest BCUT2D eigenvalue weighted by Crippen LogP contribution is -2.41. The van der Waals surface area contributed by atoms with Gasteiger partial charge in [0.1, 0.15) is 21.6 Å². The highest BCUT2D eigenvalue weighted by Gasteiger charge is 2.24. The molecule has 112 valence electrons. The fourth-order valence-corrected chi connectivity index (χ4v) is 2.37. The van der Waals surface area contributed by atoms with Crippen LogP contribution in [0.15, 0.2) is 16.5 Å². The van der Waals surface area contributed by atoms with E-state index in [4.69, 9.17) is 9.52 Å². The molecule has 0 aliphatic rings. The van der Waals surface area contributed by atoms with E-state index in [2.05, 4.69) is 5.32 Å². The Kier molecular flexibility index (Phi) is 5.32. The zero-order chi connectivity index (χ0) is 15.3. The maximum absolute atomic E-state index is 11.7. The van der Waals surface area contributed by atoms with Gasteiger partial charge in [0.2, 0.25) is 0 Å². The smallest absolute Gasteiger partial charge is 0.326 e. The highest BCUT2D eigenvalue weighted by atomic mass is 32.2. The summed E-state index contributed by atoms with van der Waals surface area (Å²) < 4.78 is 27.8. The molecule has 0 saturated carbocycles. The summed E-state index contributed by atoms with van der Waals surface area (Å²) in [5.41, 5.74) is 0. The molecule has 20 heavy (non-hydrogen) atoms. The number of hydrogen-bond donors (Lipinski definition) is 2. The summed E-state index contributed by atoms with van der Waals surface area (Å²) in [6.45, 7) is 3.13. The molecule has 0 fully saturated rings. The molecule has 1 atom stereocenters. The lowest BCUT2D eigenvalue weighted by Gasteiger charge is -2.13. The molecule has 1 rings (SSSR count). The number of carboxylic acids is 1. The minimum Gasteiger partial charge on any atom is -0.480 e. The standard InChI is InChI=1S/C12H17NO6S/c1-3-20(17,18)7-6-9(12(15)16)13-11(14)10-5-4-8(2)19-10/h4-5,9H,3,6-7H2,1-2H3,(H,13,14)(H,15,16). The number of rotatable bonds is 7. The van der Waals surface area contributed by atoms with Crippen LogP contribution < -0.4 is 5.32 Å². The van der Waals surface area contributed by atoms with Crippen LogP contribution in [0.4, 0.5) is 0 Å². The van der Waals surface area contributed by atoms with Gasteiger partial charge in [0.25, 0.3) is 5.91 Å². The van der Waals surface area contributed by atoms with E-state index in [1.54, 1.807) is 13.0 Å². The van der Waals surface area contributed by atoms with Crippen LogP contribution in [0.25, 0.3) is 0 Å². The maximum Gasteiger partial charge on any atom is 0.326 e. The molecule has 0 aromatic carbocycles. The Morgan fingerprint density at radius 3 is 2.50 bits per heavy atom. The Bertz CT molecular complexity index is 589. The highest BCUT2D eigenvalue weighted by Crippen LogP contribution is 2.07. The monoisotopic (exact) mass is 303 g/mol. The van der Waals surface area contributed by atoms with E-state index in [-0.39, 0.29) is 23.7 Å². The molecule has 1 aromatic rings. The first-order valence-electron chi connectivity index (χ1n) is 6.05. The SMILES string of the molecule is CCS(=O)(=O)CCC(NC(=O)c1ccc(C)o1)C(=O)O. The molecule has 0 saturated heterocycles. The van der Waals surface area contributed by atoms with Gasteiger partial charge in [0.05, 0.1) is 5.75 Å². The minimum absolute atomic E-state index is 0.00732. The number of aryl methyl sites for hydroxylation is 1. The molecule has 7 nitrogen and oxygen atoms in total. The molecule has 1 aromatic heterocycles. The van der Waals surface area contributed by atoms with Crippen LogP contribution in [0.5, 0.6) is 0 Å². The first-order valence-corrected chi connectivity index (χ1v) is 7.88. The van der Waals surface area contributed by atoms with Crippen LogP contribution in [-0.2, 0) is 14.6 Å². The fourth-order valence-electron chi connectivity index (χ4n) is 1.49. The first-order chi connectivity index (χ1) is 9.25. The Morgan fingerprint density at radius 2 is 2.05 bits per heavy atom. The Morgan fingerprint density at radius 1 is 1.40 bits per heavy atom. The second-order valence-corrected chi connectivity index (χ2v) is 6.77. The van der Waals surface area contributed by atoms with Crippen molar-refractivity contribution in [2.45, 2.75) is 26.3 Å². The summed E-state index contributed by atoms with van der Waals surface area (Å²) in [5.74, 6) is -1.81. The summed E-state index contributed by atoms with van der Waals surface area (Å²) >= 11 is 0. The number of amides is 1. The van der Waals surface area contributed by atoms with E-state index in [0.717, 1.165) is 0 Å². The van der Waals surface area contributed by atoms with Crippen molar-refractivity contribution in [3.8, 4) is 0 Å². The maximum atomic E-state index is 11.7. The number of aliphatic carboxylic acids is 1. The van der Waals surface area contributed by atoms with Gasteiger partial charge in [-0.25, -0.2) is 13.2 Å². The van der Waals surface area contributed by atoms with Gasteiger partial charge >= 0.3 is 5.97 Å². The van der Waals surface area contributed by atoms with Crippen LogP contribution in [0.1, 0.15) is 29.7 Å². The lowest BCUT2D eigenvalue weighted by molar-refractivity contribution is -0.139. The van der Waals surface area contributed by atoms with E-state index in [9.17, 15) is 18.0 Å². The number of carbonyl (C=O) groups excluding carboxylic acids is 1. The van der Waals surface area contributed by atoms with Gasteiger partial charge in [-0.3, -0.25) is 4.79 Å². The Hall–Kier alpha value is -1.83. The molecule has 0 aliphatic heterocycles. The summed E-state index contributed by atoms with van der Waals surface area (Å²) in [6.07, 6.45) is -0.184. The number of hydrogen-bond acceptors (Lipinski definition) is 5. The van der Waals surface area contributed by atoms with Gasteiger partial charge in [0.15, 0.2) is 5.76 Å². The van der Waals surface area contributed by atoms with Crippen molar-refractivity contribution in [2.24, 2.45) is 0 Å². The van der Waals surface area contributed by atoms with Gasteiger partial charge in [-0.1, -0.05) is 6.92 Å². The molecule has 0 bridgehead atoms. The van der Waals surface area contributed by atoms with E-state index < -0.39 is 27.8 Å². The van der Waals surface area contributed by atoms with Crippen molar-refractivity contribution in [1.29, 1.82) is 0 Å². The van der Waals surface area contributed by atoms with Crippen molar-refractivity contribution in [2.75, 3.05) is 11.5 Å². The topological polar surface area (TPSA) is 114 Å². The number of sulfone groups is 1. The van der Waals surface area contributed by atoms with Gasteiger partial charge in [0, 0.05) is 5.75 Å². The molecule has 0 aliphatic carbocycles. The largest absolute Gasteiger partial charge is 0.480 e. The van der Waals surface area contributed by atoms with E-state index in [1.807, 2.05) is 0 Å². The molecule has 2 N–H and O–H groups in total. The third-order valence-corrected chi connectivity index (χ3v) is 4.46. The average molecular weight is 303 g/mol. The van der Waals surface area contributed by atoms with E-state index in [1.165, 1.54) is 13.0 Å². The second kappa shape index (κ2) is 6.56. The van der Waals surface area contributed by atoms with Crippen LogP contribution in [-0.4, -0.2) is 42.9 Å². The quantitative estimate of drug-likeness (QED) is 0.762. The molecule has 1 heterocycles. The second-order valence-electron chi connectivity index (χ2n) is 4.30. The Labute approximate surface area is 116 Å². The molecule has 1 unspecified atom stereocenters. The fraction of sp³-hybridized carbons (Fsp3) is 0.500. The lowest BCUT2D eigenvalue weighted by atomic mass is 10.2. The molecule has 8 heteroatoms. The third kappa shape index (κ3) is 4.69. The van der Waals surface area contributed by atoms with Crippen LogP contribution in [0.2, 0.25) is 0 Å². The third-order valence-electron chi connectivity index (χ3n) is 2.72. The van der Waals surface area contributed by atoms with Gasteiger partial charge in [-0.2, -0.15) is 0 Å². The van der Waals surface area contributed by atoms with Crippen molar-refractivity contribution in [1.82, 2.24) is 5.32 Å². The normalized spacial score (nSPS) is 12.9. The van der Waals surface area contributed by atoms with Crippen molar-refractivity contribution in [3.63, 3.8) is 0 Å². The summed E-state index contributed by atoms with van der Waals surface area (Å²) in [7, 11) is -3.28.